The van der Waals surface area contributed by atoms with Crippen LogP contribution < -0.4 is 10.2 Å². The van der Waals surface area contributed by atoms with E-state index in [0.29, 0.717) is 6.04 Å². The molecule has 1 aliphatic rings. The molecule has 1 fully saturated rings. The van der Waals surface area contributed by atoms with E-state index in [0.717, 1.165) is 57.1 Å². The van der Waals surface area contributed by atoms with Crippen molar-refractivity contribution in [2.75, 3.05) is 37.0 Å². The first-order chi connectivity index (χ1) is 9.77. The van der Waals surface area contributed by atoms with Crippen LogP contribution in [0.1, 0.15) is 38.7 Å². The molecule has 0 unspecified atom stereocenters. The van der Waals surface area contributed by atoms with Gasteiger partial charge in [-0.05, 0) is 25.7 Å². The van der Waals surface area contributed by atoms with Gasteiger partial charge in [0.25, 0.3) is 0 Å². The summed E-state index contributed by atoms with van der Waals surface area (Å²) < 4.78 is 5.45. The molecule has 1 aliphatic heterocycles. The minimum atomic E-state index is 0.517. The Kier molecular flexibility index (Phi) is 5.59. The summed E-state index contributed by atoms with van der Waals surface area (Å²) in [6.07, 6.45) is 5.85. The van der Waals surface area contributed by atoms with Crippen LogP contribution in [0, 0.1) is 0 Å². The van der Waals surface area contributed by atoms with Crippen LogP contribution in [0.15, 0.2) is 6.33 Å². The van der Waals surface area contributed by atoms with Crippen molar-refractivity contribution < 1.29 is 4.74 Å². The lowest BCUT2D eigenvalue weighted by Gasteiger charge is -2.33. The fourth-order valence-corrected chi connectivity index (χ4v) is 2.67. The highest BCUT2D eigenvalue weighted by molar-refractivity contribution is 5.59. The number of ether oxygens (including phenoxy) is 1. The third kappa shape index (κ3) is 3.39. The SMILES string of the molecule is CCCNc1ncnc(N(C)C2CCOCC2)c1CC. The van der Waals surface area contributed by atoms with Gasteiger partial charge in [-0.15, -0.1) is 0 Å². The second kappa shape index (κ2) is 7.43. The van der Waals surface area contributed by atoms with Crippen LogP contribution >= 0.6 is 0 Å². The van der Waals surface area contributed by atoms with Gasteiger partial charge in [-0.25, -0.2) is 9.97 Å². The van der Waals surface area contributed by atoms with Crippen molar-refractivity contribution in [3.05, 3.63) is 11.9 Å². The number of nitrogens with one attached hydrogen (secondary N) is 1. The Morgan fingerprint density at radius 3 is 2.70 bits per heavy atom. The second-order valence-corrected chi connectivity index (χ2v) is 5.26. The maximum absolute atomic E-state index is 5.45. The topological polar surface area (TPSA) is 50.3 Å². The monoisotopic (exact) mass is 278 g/mol. The normalized spacial score (nSPS) is 16.1. The summed E-state index contributed by atoms with van der Waals surface area (Å²) in [6, 6.07) is 0.517. The predicted octanol–water partition coefficient (Wildman–Crippen LogP) is 2.48. The van der Waals surface area contributed by atoms with Gasteiger partial charge < -0.3 is 15.0 Å². The number of aromatic nitrogens is 2. The summed E-state index contributed by atoms with van der Waals surface area (Å²) in [5.41, 5.74) is 1.22. The van der Waals surface area contributed by atoms with E-state index in [1.807, 2.05) is 0 Å². The molecule has 112 valence electrons. The molecule has 1 aromatic rings. The van der Waals surface area contributed by atoms with Crippen molar-refractivity contribution in [1.29, 1.82) is 0 Å². The molecule has 0 amide bonds. The van der Waals surface area contributed by atoms with Crippen LogP contribution in [0.2, 0.25) is 0 Å². The lowest BCUT2D eigenvalue weighted by Crippen LogP contribution is -2.37. The zero-order chi connectivity index (χ0) is 14.4. The Hall–Kier alpha value is -1.36. The molecule has 5 heteroatoms. The highest BCUT2D eigenvalue weighted by Gasteiger charge is 2.22. The molecule has 1 N–H and O–H groups in total. The third-order valence-corrected chi connectivity index (χ3v) is 3.89. The average molecular weight is 278 g/mol. The highest BCUT2D eigenvalue weighted by atomic mass is 16.5. The molecule has 5 nitrogen and oxygen atoms in total. The molecule has 0 saturated carbocycles. The van der Waals surface area contributed by atoms with E-state index in [-0.39, 0.29) is 0 Å². The summed E-state index contributed by atoms with van der Waals surface area (Å²) in [5.74, 6) is 2.05. The minimum Gasteiger partial charge on any atom is -0.381 e. The number of nitrogens with zero attached hydrogens (tertiary/aromatic N) is 3. The van der Waals surface area contributed by atoms with Crippen molar-refractivity contribution in [3.8, 4) is 0 Å². The molecular formula is C15H26N4O. The second-order valence-electron chi connectivity index (χ2n) is 5.26. The summed E-state index contributed by atoms with van der Waals surface area (Å²) >= 11 is 0. The van der Waals surface area contributed by atoms with Gasteiger partial charge in [0, 0.05) is 38.4 Å². The van der Waals surface area contributed by atoms with Crippen LogP contribution in [0.25, 0.3) is 0 Å². The maximum Gasteiger partial charge on any atom is 0.137 e. The Labute approximate surface area is 121 Å². The highest BCUT2D eigenvalue weighted by Crippen LogP contribution is 2.27. The average Bonchev–Trinajstić information content (AvgIpc) is 2.52. The zero-order valence-electron chi connectivity index (χ0n) is 12.9. The molecule has 0 aliphatic carbocycles. The van der Waals surface area contributed by atoms with E-state index in [1.165, 1.54) is 5.56 Å². The van der Waals surface area contributed by atoms with Gasteiger partial charge in [0.1, 0.15) is 18.0 Å². The quantitative estimate of drug-likeness (QED) is 0.866. The molecule has 1 saturated heterocycles. The van der Waals surface area contributed by atoms with Gasteiger partial charge in [0.05, 0.1) is 0 Å². The molecule has 20 heavy (non-hydrogen) atoms. The van der Waals surface area contributed by atoms with Gasteiger partial charge in [-0.3, -0.25) is 0 Å². The molecule has 0 aromatic carbocycles. The van der Waals surface area contributed by atoms with Crippen LogP contribution in [0.4, 0.5) is 11.6 Å². The first-order valence-electron chi connectivity index (χ1n) is 7.66. The van der Waals surface area contributed by atoms with Crippen molar-refractivity contribution in [2.24, 2.45) is 0 Å². The maximum atomic E-state index is 5.45. The Bertz CT molecular complexity index is 418. The van der Waals surface area contributed by atoms with Gasteiger partial charge in [0.15, 0.2) is 0 Å². The van der Waals surface area contributed by atoms with Crippen LogP contribution in [-0.2, 0) is 11.2 Å². The lowest BCUT2D eigenvalue weighted by molar-refractivity contribution is 0.0853. The van der Waals surface area contributed by atoms with Crippen molar-refractivity contribution in [1.82, 2.24) is 9.97 Å². The molecule has 0 radical (unpaired) electrons. The Morgan fingerprint density at radius 2 is 2.05 bits per heavy atom. The summed E-state index contributed by atoms with van der Waals surface area (Å²) in [6.45, 7) is 6.97. The van der Waals surface area contributed by atoms with E-state index in [2.05, 4.69) is 41.1 Å². The van der Waals surface area contributed by atoms with E-state index in [9.17, 15) is 0 Å². The van der Waals surface area contributed by atoms with Crippen LogP contribution in [0.3, 0.4) is 0 Å². The van der Waals surface area contributed by atoms with Crippen molar-refractivity contribution >= 4 is 11.6 Å². The van der Waals surface area contributed by atoms with E-state index < -0.39 is 0 Å². The molecule has 2 rings (SSSR count). The lowest BCUT2D eigenvalue weighted by atomic mass is 10.1. The number of hydrogen-bond donors (Lipinski definition) is 1. The fourth-order valence-electron chi connectivity index (χ4n) is 2.67. The summed E-state index contributed by atoms with van der Waals surface area (Å²) in [4.78, 5) is 11.2. The number of hydrogen-bond acceptors (Lipinski definition) is 5. The smallest absolute Gasteiger partial charge is 0.137 e. The molecule has 2 heterocycles. The predicted molar refractivity (Wildman–Crippen MR) is 82.4 cm³/mol. The van der Waals surface area contributed by atoms with Gasteiger partial charge >= 0.3 is 0 Å². The van der Waals surface area contributed by atoms with E-state index >= 15 is 0 Å². The zero-order valence-corrected chi connectivity index (χ0v) is 12.9. The first kappa shape index (κ1) is 15.0. The fraction of sp³-hybridized carbons (Fsp3) is 0.733. The standard InChI is InChI=1S/C15H26N4O/c1-4-8-16-14-13(5-2)15(18-11-17-14)19(3)12-6-9-20-10-7-12/h11-12H,4-10H2,1-3H3,(H,16,17,18). The summed E-state index contributed by atoms with van der Waals surface area (Å²) in [7, 11) is 2.14. The summed E-state index contributed by atoms with van der Waals surface area (Å²) in [5, 5.41) is 3.41. The molecule has 0 bridgehead atoms. The largest absolute Gasteiger partial charge is 0.381 e. The van der Waals surface area contributed by atoms with E-state index in [4.69, 9.17) is 4.74 Å². The van der Waals surface area contributed by atoms with Gasteiger partial charge in [-0.1, -0.05) is 13.8 Å². The Balaban J connectivity index is 2.20. The number of anilines is 2. The van der Waals surface area contributed by atoms with Crippen LogP contribution in [0.5, 0.6) is 0 Å². The van der Waals surface area contributed by atoms with Crippen molar-refractivity contribution in [2.45, 2.75) is 45.6 Å². The van der Waals surface area contributed by atoms with Crippen LogP contribution in [-0.4, -0.2) is 42.8 Å². The molecular weight excluding hydrogens is 252 g/mol. The van der Waals surface area contributed by atoms with Gasteiger partial charge in [-0.2, -0.15) is 0 Å². The molecule has 1 aromatic heterocycles. The third-order valence-electron chi connectivity index (χ3n) is 3.89. The van der Waals surface area contributed by atoms with E-state index in [1.54, 1.807) is 6.33 Å². The Morgan fingerprint density at radius 1 is 1.30 bits per heavy atom. The first-order valence-corrected chi connectivity index (χ1v) is 7.66. The van der Waals surface area contributed by atoms with Gasteiger partial charge in [0.2, 0.25) is 0 Å². The van der Waals surface area contributed by atoms with Crippen molar-refractivity contribution in [3.63, 3.8) is 0 Å². The minimum absolute atomic E-state index is 0.517. The number of rotatable bonds is 6. The molecule has 0 atom stereocenters. The molecule has 0 spiro atoms.